The summed E-state index contributed by atoms with van der Waals surface area (Å²) in [6.45, 7) is 47.9. The van der Waals surface area contributed by atoms with Crippen molar-refractivity contribution in [3.63, 3.8) is 0 Å². The van der Waals surface area contributed by atoms with Crippen LogP contribution in [-0.2, 0) is 178 Å². The zero-order valence-corrected chi connectivity index (χ0v) is 68.1. The zero-order chi connectivity index (χ0) is 44.9. The van der Waals surface area contributed by atoms with Gasteiger partial charge in [-0.25, -0.2) is 0 Å². The second-order valence-electron chi connectivity index (χ2n) is 1.99. The van der Waals surface area contributed by atoms with Gasteiger partial charge >= 0.3 is 5.97 Å². The molecule has 1 N–H and O–H groups in total. The van der Waals surface area contributed by atoms with Crippen molar-refractivity contribution >= 4 is 85.2 Å². The number of carbonyl (C=O) groups is 2. The van der Waals surface area contributed by atoms with Crippen LogP contribution in [0.15, 0.2) is 0 Å². The van der Waals surface area contributed by atoms with E-state index in [1.807, 2.05) is 164 Å². The summed E-state index contributed by atoms with van der Waals surface area (Å²) < 4.78 is 49.9. The number of hydrogen-bond donors (Lipinski definition) is 1. The molecule has 0 fully saturated rings. The van der Waals surface area contributed by atoms with Crippen molar-refractivity contribution in [2.75, 3.05) is 53.3 Å². The summed E-state index contributed by atoms with van der Waals surface area (Å²) in [5.74, 6) is -0.403. The van der Waals surface area contributed by atoms with E-state index in [1.165, 1.54) is 0 Å². The fourth-order valence-electron chi connectivity index (χ4n) is 0.250. The minimum absolute atomic E-state index is 0. The first-order valence-electron chi connectivity index (χ1n) is 18.8. The van der Waals surface area contributed by atoms with Crippen molar-refractivity contribution < 1.29 is 183 Å². The summed E-state index contributed by atoms with van der Waals surface area (Å²) in [6.07, 6.45) is 1.60. The van der Waals surface area contributed by atoms with E-state index >= 15 is 0 Å². The Balaban J connectivity index is -0.00000000738. The molecule has 0 aromatic heterocycles. The maximum atomic E-state index is 10.2. The quantitative estimate of drug-likeness (QED) is 0.287. The summed E-state index contributed by atoms with van der Waals surface area (Å²) in [5, 5.41) is 7.72. The van der Waals surface area contributed by atoms with E-state index in [1.54, 1.807) is 6.92 Å². The summed E-state index contributed by atoms with van der Waals surface area (Å²) in [5.41, 5.74) is 0. The van der Waals surface area contributed by atoms with Crippen LogP contribution in [0.3, 0.4) is 0 Å². The average Bonchev–Trinajstić information content (AvgIpc) is 3.13. The normalized spacial score (nSPS) is 7.39. The van der Waals surface area contributed by atoms with Crippen LogP contribution in [0.25, 0.3) is 0 Å². The molecule has 0 spiro atoms. The molecule has 0 heterocycles. The SMILES string of the molecule is C.C.CC.CC.CC.CC.CC.CC.CC.CCC(=O)CC.CCC(=O)O.[3H]PC.[3H]PC.[3H]PC.[3H]PC.[3H]PC.[3H]PC.[3H]PC.[3H]PC.[W].[W].[W].[W].[W].[W].[W].[W]. The van der Waals surface area contributed by atoms with Crippen LogP contribution in [0.1, 0.15) is 152 Å². The Labute approximate surface area is 477 Å². The molecular formula is C32H106O3P8W8. The van der Waals surface area contributed by atoms with Gasteiger partial charge < -0.3 is 5.11 Å². The summed E-state index contributed by atoms with van der Waals surface area (Å²) >= 11 is 0. The van der Waals surface area contributed by atoms with Crippen molar-refractivity contribution in [1.29, 1.82) is 10.2 Å². The van der Waals surface area contributed by atoms with E-state index < -0.39 is 5.97 Å². The van der Waals surface area contributed by atoms with Gasteiger partial charge in [0.15, 0.2) is 0 Å². The van der Waals surface area contributed by atoms with Gasteiger partial charge in [-0.1, -0.05) is 186 Å². The Hall–Kier alpha value is 8.09. The molecule has 0 saturated carbocycles. The molecule has 8 unspecified atom stereocenters. The van der Waals surface area contributed by atoms with Gasteiger partial charge in [0, 0.05) is 188 Å². The monoisotopic (exact) mass is 2270 g/mol. The van der Waals surface area contributed by atoms with Gasteiger partial charge in [-0.2, -0.15) is 0 Å². The van der Waals surface area contributed by atoms with E-state index in [4.69, 9.17) is 15.3 Å². The summed E-state index contributed by atoms with van der Waals surface area (Å²) in [7, 11) is 2.67. The van der Waals surface area contributed by atoms with Crippen LogP contribution in [0.5, 0.6) is 0 Å². The minimum Gasteiger partial charge on any atom is -0.481 e. The first kappa shape index (κ1) is 124. The number of rotatable bonds is 3. The number of Topliss-reactive ketones (excluding diaryl/α,β-unsaturated/α-hetero) is 1. The van der Waals surface area contributed by atoms with Gasteiger partial charge in [0.1, 0.15) is 5.78 Å². The van der Waals surface area contributed by atoms with Crippen molar-refractivity contribution in [3.05, 3.63) is 0 Å². The van der Waals surface area contributed by atoms with Crippen LogP contribution in [0.4, 0.5) is 0 Å². The van der Waals surface area contributed by atoms with Gasteiger partial charge in [0.05, 0.1) is 10.2 Å². The smallest absolute Gasteiger partial charge is 0.303 e. The molecule has 0 bridgehead atoms. The molecular weight excluding hydrogens is 2150 g/mol. The van der Waals surface area contributed by atoms with Crippen LogP contribution in [-0.4, -0.2) is 80.4 Å². The first-order chi connectivity index (χ1) is 23.4. The average molecular weight is 2270 g/mol. The van der Waals surface area contributed by atoms with Crippen molar-refractivity contribution in [2.45, 2.75) is 152 Å². The predicted octanol–water partition coefficient (Wildman–Crippen LogP) is 14.2. The molecule has 51 heavy (non-hydrogen) atoms. The van der Waals surface area contributed by atoms with Crippen LogP contribution < -0.4 is 0 Å². The fraction of sp³-hybridized carbons (Fsp3) is 0.938. The molecule has 0 amide bonds. The minimum atomic E-state index is -0.745. The van der Waals surface area contributed by atoms with Gasteiger partial charge in [-0.05, 0) is 0 Å². The third kappa shape index (κ3) is 921. The Kier molecular flexibility index (Phi) is 1580. The standard InChI is InChI=1S/C5H10O.C3H6O2.7C2H6.8CH5P.2CH4.8W/c1-3-5(6)4-2;1-2-3(4)5;15*1-2;;;;;;;;;;/h3-4H2,1-2H3;2H2,1H3,(H,4,5);7*1-2H3;8*2H2,1H3;2*1H4;;;;;;;;/i;;;;;;;;;8*2T;;;;;;;;;;. The Morgan fingerprint density at radius 3 is 0.431 bits per heavy atom. The number of carboxylic acid groups (broad SMARTS) is 1. The third-order valence-corrected chi connectivity index (χ3v) is 1.09. The second kappa shape index (κ2) is 648. The Morgan fingerprint density at radius 2 is 0.431 bits per heavy atom. The van der Waals surface area contributed by atoms with Gasteiger partial charge in [0.25, 0.3) is 0 Å². The molecule has 0 aliphatic carbocycles. The zero-order valence-electron chi connectivity index (χ0n) is 44.7. The number of ketones is 1. The predicted molar refractivity (Wildman–Crippen MR) is 261 cm³/mol. The summed E-state index contributed by atoms with van der Waals surface area (Å²) in [6, 6.07) is 0. The van der Waals surface area contributed by atoms with E-state index in [2.05, 4.69) is 0 Å². The molecule has 3 nitrogen and oxygen atoms in total. The van der Waals surface area contributed by atoms with E-state index in [0.717, 1.165) is 0 Å². The fourth-order valence-corrected chi connectivity index (χ4v) is 0.250. The van der Waals surface area contributed by atoms with E-state index in [-0.39, 0.29) is 190 Å². The van der Waals surface area contributed by atoms with Crippen LogP contribution in [0, 0.1) is 0 Å². The molecule has 0 radical (unpaired) electrons. The molecule has 0 aromatic rings. The molecule has 19 heteroatoms. The topological polar surface area (TPSA) is 54.4 Å². The number of carbonyl (C=O) groups excluding carboxylic acids is 1. The molecule has 0 rings (SSSR count). The van der Waals surface area contributed by atoms with E-state index in [0.29, 0.717) is 92.1 Å². The molecule has 0 saturated heterocycles. The van der Waals surface area contributed by atoms with Crippen LogP contribution in [0.2, 0.25) is 0 Å². The largest absolute Gasteiger partial charge is 0.481 e. The van der Waals surface area contributed by atoms with Crippen LogP contribution >= 0.6 is 73.5 Å². The Bertz CT molecular complexity index is 280. The molecule has 340 valence electrons. The number of aliphatic carboxylic acids is 1. The summed E-state index contributed by atoms with van der Waals surface area (Å²) in [4.78, 5) is 19.5. The van der Waals surface area contributed by atoms with Gasteiger partial charge in [-0.3, -0.25) is 9.59 Å². The van der Waals surface area contributed by atoms with Crippen molar-refractivity contribution in [2.24, 2.45) is 0 Å². The first-order valence-corrected chi connectivity index (χ1v) is 22.8. The van der Waals surface area contributed by atoms with Gasteiger partial charge in [-0.15, -0.1) is 73.5 Å². The molecule has 8 atom stereocenters. The molecule has 0 aliphatic heterocycles. The number of hydrogen-bond acceptors (Lipinski definition) is 2. The number of carboxylic acids is 1. The van der Waals surface area contributed by atoms with Gasteiger partial charge in [0.2, 0.25) is 0 Å². The Morgan fingerprint density at radius 1 is 0.373 bits per heavy atom. The molecule has 0 aliphatic rings. The molecule has 0 aromatic carbocycles. The maximum Gasteiger partial charge on any atom is 0.303 e. The van der Waals surface area contributed by atoms with E-state index in [9.17, 15) is 9.59 Å². The third-order valence-electron chi connectivity index (χ3n) is 1.09. The second-order valence-corrected chi connectivity index (χ2v) is 1.99. The van der Waals surface area contributed by atoms with Crippen molar-refractivity contribution in [1.82, 2.24) is 0 Å². The maximum absolute atomic E-state index is 10.2. The van der Waals surface area contributed by atoms with Crippen molar-refractivity contribution in [3.8, 4) is 0 Å².